The molecule has 1 aliphatic rings. The van der Waals surface area contributed by atoms with E-state index in [0.29, 0.717) is 6.61 Å². The number of carboxylic acids is 1. The van der Waals surface area contributed by atoms with Gasteiger partial charge >= 0.3 is 5.97 Å². The number of aryl methyl sites for hydroxylation is 2. The van der Waals surface area contributed by atoms with Crippen LogP contribution in [0.2, 0.25) is 0 Å². The Labute approximate surface area is 135 Å². The number of sulfonamides is 1. The second kappa shape index (κ2) is 5.57. The number of rotatable bonds is 6. The molecule has 0 radical (unpaired) electrons. The first-order valence-corrected chi connectivity index (χ1v) is 8.79. The van der Waals surface area contributed by atoms with Crippen LogP contribution in [0, 0.1) is 19.3 Å². The molecule has 0 amide bonds. The molecule has 0 aliphatic heterocycles. The Balaban J connectivity index is 2.41. The van der Waals surface area contributed by atoms with Gasteiger partial charge in [-0.2, -0.15) is 4.72 Å². The molecule has 1 aliphatic carbocycles. The number of ether oxygens (including phenoxy) is 1. The van der Waals surface area contributed by atoms with Gasteiger partial charge < -0.3 is 14.4 Å². The number of aliphatic carboxylic acids is 1. The standard InChI is InChI=1S/C14H22N2O6S/c1-6-21-10-7-14(12(17)18,13(10,4)5)16-23(19,20)11-8(2)15-22-9(11)3/h10,16H,6-7H2,1-5H3,(H,17,18). The summed E-state index contributed by atoms with van der Waals surface area (Å²) in [4.78, 5) is 11.7. The Morgan fingerprint density at radius 1 is 1.48 bits per heavy atom. The molecule has 2 N–H and O–H groups in total. The SMILES string of the molecule is CCOC1CC(NS(=O)(=O)c2c(C)noc2C)(C(=O)O)C1(C)C. The lowest BCUT2D eigenvalue weighted by Gasteiger charge is -2.57. The Bertz CT molecular complexity index is 704. The zero-order valence-electron chi connectivity index (χ0n) is 13.8. The number of nitrogens with zero attached hydrogens (tertiary/aromatic N) is 1. The molecule has 2 unspecified atom stereocenters. The van der Waals surface area contributed by atoms with E-state index < -0.39 is 26.9 Å². The minimum Gasteiger partial charge on any atom is -0.480 e. The number of hydrogen-bond acceptors (Lipinski definition) is 6. The molecule has 1 fully saturated rings. The predicted octanol–water partition coefficient (Wildman–Crippen LogP) is 1.23. The van der Waals surface area contributed by atoms with Crippen molar-refractivity contribution in [1.82, 2.24) is 9.88 Å². The van der Waals surface area contributed by atoms with Crippen molar-refractivity contribution < 1.29 is 27.6 Å². The molecule has 2 rings (SSSR count). The average molecular weight is 346 g/mol. The van der Waals surface area contributed by atoms with Gasteiger partial charge in [-0.1, -0.05) is 19.0 Å². The van der Waals surface area contributed by atoms with Gasteiger partial charge in [-0.25, -0.2) is 8.42 Å². The molecule has 9 heteroatoms. The summed E-state index contributed by atoms with van der Waals surface area (Å²) in [6, 6.07) is 0. The van der Waals surface area contributed by atoms with E-state index in [1.54, 1.807) is 13.8 Å². The lowest BCUT2D eigenvalue weighted by molar-refractivity contribution is -0.188. The Kier molecular flexibility index (Phi) is 4.33. The fourth-order valence-electron chi connectivity index (χ4n) is 3.13. The van der Waals surface area contributed by atoms with Crippen molar-refractivity contribution >= 4 is 16.0 Å². The number of nitrogens with one attached hydrogen (secondary N) is 1. The number of carboxylic acid groups (broad SMARTS) is 1. The average Bonchev–Trinajstić information content (AvgIpc) is 2.76. The molecule has 130 valence electrons. The lowest BCUT2D eigenvalue weighted by Crippen LogP contribution is -2.76. The highest BCUT2D eigenvalue weighted by Gasteiger charge is 2.67. The molecule has 2 atom stereocenters. The van der Waals surface area contributed by atoms with Crippen LogP contribution in [0.25, 0.3) is 0 Å². The highest BCUT2D eigenvalue weighted by molar-refractivity contribution is 7.89. The van der Waals surface area contributed by atoms with Crippen molar-refractivity contribution in [3.05, 3.63) is 11.5 Å². The van der Waals surface area contributed by atoms with Gasteiger partial charge in [0.1, 0.15) is 16.1 Å². The van der Waals surface area contributed by atoms with Crippen molar-refractivity contribution in [2.75, 3.05) is 6.61 Å². The highest BCUT2D eigenvalue weighted by Crippen LogP contribution is 2.52. The van der Waals surface area contributed by atoms with Crippen LogP contribution in [0.3, 0.4) is 0 Å². The fourth-order valence-corrected chi connectivity index (χ4v) is 4.96. The predicted molar refractivity (Wildman–Crippen MR) is 80.5 cm³/mol. The van der Waals surface area contributed by atoms with Gasteiger partial charge in [0.15, 0.2) is 5.76 Å². The normalized spacial score (nSPS) is 26.7. The quantitative estimate of drug-likeness (QED) is 0.795. The van der Waals surface area contributed by atoms with E-state index >= 15 is 0 Å². The smallest absolute Gasteiger partial charge is 0.325 e. The lowest BCUT2D eigenvalue weighted by atomic mass is 9.54. The summed E-state index contributed by atoms with van der Waals surface area (Å²) in [6.07, 6.45) is -0.276. The van der Waals surface area contributed by atoms with Gasteiger partial charge in [0.25, 0.3) is 0 Å². The molecule has 23 heavy (non-hydrogen) atoms. The van der Waals surface area contributed by atoms with Gasteiger partial charge in [-0.3, -0.25) is 4.79 Å². The third-order valence-corrected chi connectivity index (χ3v) is 6.41. The third kappa shape index (κ3) is 2.56. The molecule has 1 aromatic rings. The van der Waals surface area contributed by atoms with Crippen molar-refractivity contribution in [2.45, 2.75) is 57.6 Å². The Hall–Kier alpha value is -1.45. The van der Waals surface area contributed by atoms with E-state index in [1.165, 1.54) is 13.8 Å². The largest absolute Gasteiger partial charge is 0.480 e. The summed E-state index contributed by atoms with van der Waals surface area (Å²) >= 11 is 0. The van der Waals surface area contributed by atoms with Gasteiger partial charge in [-0.15, -0.1) is 0 Å². The summed E-state index contributed by atoms with van der Waals surface area (Å²) < 4.78 is 38.1. The summed E-state index contributed by atoms with van der Waals surface area (Å²) in [5.74, 6) is -1.11. The van der Waals surface area contributed by atoms with Crippen LogP contribution in [0.1, 0.15) is 38.6 Å². The molecule has 0 saturated heterocycles. The van der Waals surface area contributed by atoms with Crippen molar-refractivity contribution in [2.24, 2.45) is 5.41 Å². The number of aromatic nitrogens is 1. The zero-order chi connectivity index (χ0) is 17.6. The third-order valence-electron chi connectivity index (χ3n) is 4.67. The van der Waals surface area contributed by atoms with Crippen LogP contribution in [-0.4, -0.2) is 42.9 Å². The molecule has 0 spiro atoms. The molecular weight excluding hydrogens is 324 g/mol. The molecule has 1 aromatic heterocycles. The zero-order valence-corrected chi connectivity index (χ0v) is 14.7. The molecular formula is C14H22N2O6S. The van der Waals surface area contributed by atoms with E-state index in [2.05, 4.69) is 9.88 Å². The summed E-state index contributed by atoms with van der Waals surface area (Å²) in [6.45, 7) is 8.57. The fraction of sp³-hybridized carbons (Fsp3) is 0.714. The summed E-state index contributed by atoms with van der Waals surface area (Å²) in [7, 11) is -4.09. The van der Waals surface area contributed by atoms with E-state index in [9.17, 15) is 18.3 Å². The van der Waals surface area contributed by atoms with E-state index in [0.717, 1.165) is 0 Å². The van der Waals surface area contributed by atoms with Crippen molar-refractivity contribution in [3.8, 4) is 0 Å². The second-order valence-electron chi connectivity index (χ2n) is 6.34. The molecule has 0 aromatic carbocycles. The Morgan fingerprint density at radius 2 is 2.09 bits per heavy atom. The molecule has 8 nitrogen and oxygen atoms in total. The van der Waals surface area contributed by atoms with Crippen molar-refractivity contribution in [1.29, 1.82) is 0 Å². The first-order chi connectivity index (χ1) is 10.5. The van der Waals surface area contributed by atoms with E-state index in [1.807, 2.05) is 6.92 Å². The molecule has 1 heterocycles. The van der Waals surface area contributed by atoms with Crippen LogP contribution >= 0.6 is 0 Å². The molecule has 1 saturated carbocycles. The first kappa shape index (κ1) is 17.9. The highest BCUT2D eigenvalue weighted by atomic mass is 32.2. The van der Waals surface area contributed by atoms with Gasteiger partial charge in [-0.05, 0) is 20.8 Å². The van der Waals surface area contributed by atoms with Crippen LogP contribution in [0.4, 0.5) is 0 Å². The maximum absolute atomic E-state index is 12.7. The van der Waals surface area contributed by atoms with Crippen LogP contribution < -0.4 is 4.72 Å². The Morgan fingerprint density at radius 3 is 2.48 bits per heavy atom. The summed E-state index contributed by atoms with van der Waals surface area (Å²) in [5.41, 5.74) is -2.35. The van der Waals surface area contributed by atoms with Crippen LogP contribution in [-0.2, 0) is 19.6 Å². The topological polar surface area (TPSA) is 119 Å². The number of hydrogen-bond donors (Lipinski definition) is 2. The maximum Gasteiger partial charge on any atom is 0.325 e. The number of carbonyl (C=O) groups is 1. The minimum absolute atomic E-state index is 0.0613. The van der Waals surface area contributed by atoms with E-state index in [4.69, 9.17) is 9.26 Å². The summed E-state index contributed by atoms with van der Waals surface area (Å²) in [5, 5.41) is 13.3. The molecule has 0 bridgehead atoms. The van der Waals surface area contributed by atoms with Gasteiger partial charge in [0, 0.05) is 18.4 Å². The van der Waals surface area contributed by atoms with E-state index in [-0.39, 0.29) is 28.9 Å². The maximum atomic E-state index is 12.7. The van der Waals surface area contributed by atoms with Crippen LogP contribution in [0.15, 0.2) is 9.42 Å². The first-order valence-electron chi connectivity index (χ1n) is 7.31. The monoisotopic (exact) mass is 346 g/mol. The minimum atomic E-state index is -4.09. The van der Waals surface area contributed by atoms with Crippen molar-refractivity contribution in [3.63, 3.8) is 0 Å². The second-order valence-corrected chi connectivity index (χ2v) is 7.96. The van der Waals surface area contributed by atoms with Crippen LogP contribution in [0.5, 0.6) is 0 Å². The van der Waals surface area contributed by atoms with Gasteiger partial charge in [0.2, 0.25) is 10.0 Å². The van der Waals surface area contributed by atoms with Gasteiger partial charge in [0.05, 0.1) is 6.10 Å².